The fourth-order valence-corrected chi connectivity index (χ4v) is 8.85. The molecule has 0 atom stereocenters. The molecule has 0 N–H and O–H groups in total. The summed E-state index contributed by atoms with van der Waals surface area (Å²) in [7, 11) is 0. The van der Waals surface area contributed by atoms with Crippen LogP contribution in [0.5, 0.6) is 0 Å². The molecule has 0 spiro atoms. The second-order valence-electron chi connectivity index (χ2n) is 15.2. The standard InChI is InChI=1S/C58H39NO/c1-3-16-40(17-4-1)41-32-35-46(36-33-41)59(55-27-15-29-57-58(55)54-26-13-14-28-56(54)60-57)47-37-34-43-38-45(31-30-44(43)39-47)49-21-8-10-23-51(49)53-25-12-11-24-52(53)50-22-9-7-20-48(50)42-18-5-2-6-19-42/h1-39H. The minimum Gasteiger partial charge on any atom is -0.456 e. The second kappa shape index (κ2) is 15.1. The van der Waals surface area contributed by atoms with E-state index in [0.29, 0.717) is 0 Å². The van der Waals surface area contributed by atoms with E-state index in [-0.39, 0.29) is 0 Å². The van der Waals surface area contributed by atoms with E-state index in [1.807, 2.05) is 12.1 Å². The van der Waals surface area contributed by atoms with Gasteiger partial charge in [0.15, 0.2) is 0 Å². The van der Waals surface area contributed by atoms with Crippen LogP contribution in [0.15, 0.2) is 241 Å². The number of furan rings is 1. The summed E-state index contributed by atoms with van der Waals surface area (Å²) < 4.78 is 6.39. The van der Waals surface area contributed by atoms with Gasteiger partial charge in [-0.1, -0.05) is 188 Å². The normalized spacial score (nSPS) is 11.3. The zero-order chi connectivity index (χ0) is 39.8. The van der Waals surface area contributed by atoms with Crippen LogP contribution in [0.25, 0.3) is 88.3 Å². The van der Waals surface area contributed by atoms with Gasteiger partial charge in [0, 0.05) is 16.8 Å². The summed E-state index contributed by atoms with van der Waals surface area (Å²) in [6, 6.07) is 84.8. The molecule has 60 heavy (non-hydrogen) atoms. The molecule has 0 fully saturated rings. The van der Waals surface area contributed by atoms with E-state index >= 15 is 0 Å². The van der Waals surface area contributed by atoms with Gasteiger partial charge in [0.2, 0.25) is 0 Å². The predicted octanol–water partition coefficient (Wildman–Crippen LogP) is 16.5. The molecule has 0 aliphatic carbocycles. The number of hydrogen-bond donors (Lipinski definition) is 0. The average molecular weight is 766 g/mol. The molecule has 0 bridgehead atoms. The average Bonchev–Trinajstić information content (AvgIpc) is 3.72. The smallest absolute Gasteiger partial charge is 0.137 e. The molecule has 10 aromatic carbocycles. The van der Waals surface area contributed by atoms with Gasteiger partial charge in [-0.15, -0.1) is 0 Å². The first-order chi connectivity index (χ1) is 29.8. The molecule has 0 amide bonds. The van der Waals surface area contributed by atoms with Crippen molar-refractivity contribution in [2.75, 3.05) is 4.90 Å². The number of benzene rings is 10. The summed E-state index contributed by atoms with van der Waals surface area (Å²) in [6.45, 7) is 0. The van der Waals surface area contributed by atoms with Gasteiger partial charge in [-0.05, 0) is 115 Å². The minimum absolute atomic E-state index is 0.869. The first-order valence-electron chi connectivity index (χ1n) is 20.5. The predicted molar refractivity (Wildman–Crippen MR) is 253 cm³/mol. The molecule has 0 radical (unpaired) electrons. The van der Waals surface area contributed by atoms with Crippen molar-refractivity contribution < 1.29 is 4.42 Å². The lowest BCUT2D eigenvalue weighted by Gasteiger charge is -2.27. The maximum Gasteiger partial charge on any atom is 0.137 e. The highest BCUT2D eigenvalue weighted by atomic mass is 16.3. The van der Waals surface area contributed by atoms with Crippen LogP contribution in [0.3, 0.4) is 0 Å². The number of anilines is 3. The maximum absolute atomic E-state index is 6.39. The van der Waals surface area contributed by atoms with Crippen LogP contribution >= 0.6 is 0 Å². The van der Waals surface area contributed by atoms with Gasteiger partial charge >= 0.3 is 0 Å². The van der Waals surface area contributed by atoms with Crippen LogP contribution in [0, 0.1) is 0 Å². The van der Waals surface area contributed by atoms with E-state index in [0.717, 1.165) is 39.0 Å². The molecular weight excluding hydrogens is 727 g/mol. The lowest BCUT2D eigenvalue weighted by molar-refractivity contribution is 0.669. The van der Waals surface area contributed by atoms with Crippen molar-refractivity contribution in [1.82, 2.24) is 0 Å². The van der Waals surface area contributed by atoms with Crippen molar-refractivity contribution in [3.8, 4) is 55.6 Å². The number of fused-ring (bicyclic) bond motifs is 4. The van der Waals surface area contributed by atoms with Crippen molar-refractivity contribution in [3.63, 3.8) is 0 Å². The molecule has 0 saturated heterocycles. The number of nitrogens with zero attached hydrogens (tertiary/aromatic N) is 1. The monoisotopic (exact) mass is 765 g/mol. The number of para-hydroxylation sites is 1. The zero-order valence-corrected chi connectivity index (χ0v) is 32.9. The van der Waals surface area contributed by atoms with Crippen LogP contribution in [0.2, 0.25) is 0 Å². The molecule has 11 aromatic rings. The molecule has 2 nitrogen and oxygen atoms in total. The van der Waals surface area contributed by atoms with Crippen molar-refractivity contribution in [2.45, 2.75) is 0 Å². The molecule has 0 saturated carbocycles. The Kier molecular flexibility index (Phi) is 8.87. The van der Waals surface area contributed by atoms with Gasteiger partial charge in [-0.25, -0.2) is 0 Å². The molecule has 2 heteroatoms. The summed E-state index contributed by atoms with van der Waals surface area (Å²) in [6.07, 6.45) is 0. The fraction of sp³-hybridized carbons (Fsp3) is 0. The Morgan fingerprint density at radius 1 is 0.283 bits per heavy atom. The molecule has 0 unspecified atom stereocenters. The molecule has 0 aliphatic heterocycles. The van der Waals surface area contributed by atoms with Crippen LogP contribution in [0.1, 0.15) is 0 Å². The fourth-order valence-electron chi connectivity index (χ4n) is 8.85. The van der Waals surface area contributed by atoms with E-state index < -0.39 is 0 Å². The molecule has 1 aromatic heterocycles. The second-order valence-corrected chi connectivity index (χ2v) is 15.2. The van der Waals surface area contributed by atoms with Crippen molar-refractivity contribution in [2.24, 2.45) is 0 Å². The largest absolute Gasteiger partial charge is 0.456 e. The molecule has 0 aliphatic rings. The first-order valence-corrected chi connectivity index (χ1v) is 20.5. The minimum atomic E-state index is 0.869. The van der Waals surface area contributed by atoms with Gasteiger partial charge in [-0.3, -0.25) is 0 Å². The Balaban J connectivity index is 1.02. The van der Waals surface area contributed by atoms with Crippen molar-refractivity contribution in [1.29, 1.82) is 0 Å². The van der Waals surface area contributed by atoms with Gasteiger partial charge in [0.05, 0.1) is 11.1 Å². The molecule has 1 heterocycles. The summed E-state index contributed by atoms with van der Waals surface area (Å²) in [5, 5.41) is 4.54. The Morgan fingerprint density at radius 2 is 0.750 bits per heavy atom. The quantitative estimate of drug-likeness (QED) is 0.153. The van der Waals surface area contributed by atoms with Crippen LogP contribution in [0.4, 0.5) is 17.1 Å². The summed E-state index contributed by atoms with van der Waals surface area (Å²) in [4.78, 5) is 2.37. The third-order valence-electron chi connectivity index (χ3n) is 11.7. The summed E-state index contributed by atoms with van der Waals surface area (Å²) in [5.74, 6) is 0. The van der Waals surface area contributed by atoms with Gasteiger partial charge in [-0.2, -0.15) is 0 Å². The number of rotatable bonds is 8. The lowest BCUT2D eigenvalue weighted by atomic mass is 9.86. The van der Waals surface area contributed by atoms with Crippen molar-refractivity contribution >= 4 is 49.8 Å². The van der Waals surface area contributed by atoms with Gasteiger partial charge < -0.3 is 9.32 Å². The molecule has 11 rings (SSSR count). The van der Waals surface area contributed by atoms with E-state index in [9.17, 15) is 0 Å². The molecular formula is C58H39NO. The van der Waals surface area contributed by atoms with Gasteiger partial charge in [0.25, 0.3) is 0 Å². The Labute approximate surface area is 349 Å². The van der Waals surface area contributed by atoms with Crippen LogP contribution in [-0.2, 0) is 0 Å². The van der Waals surface area contributed by atoms with E-state index in [2.05, 4.69) is 229 Å². The lowest BCUT2D eigenvalue weighted by Crippen LogP contribution is -2.10. The van der Waals surface area contributed by atoms with E-state index in [1.54, 1.807) is 0 Å². The highest BCUT2D eigenvalue weighted by Crippen LogP contribution is 2.45. The zero-order valence-electron chi connectivity index (χ0n) is 32.9. The summed E-state index contributed by atoms with van der Waals surface area (Å²) >= 11 is 0. The van der Waals surface area contributed by atoms with Crippen molar-refractivity contribution in [3.05, 3.63) is 237 Å². The maximum atomic E-state index is 6.39. The highest BCUT2D eigenvalue weighted by molar-refractivity contribution is 6.13. The SMILES string of the molecule is c1ccc(-c2ccc(N(c3ccc4cc(-c5ccccc5-c5ccccc5-c5ccccc5-c5ccccc5)ccc4c3)c3cccc4oc5ccccc5c34)cc2)cc1. The van der Waals surface area contributed by atoms with E-state index in [4.69, 9.17) is 4.42 Å². The number of hydrogen-bond acceptors (Lipinski definition) is 2. The van der Waals surface area contributed by atoms with E-state index in [1.165, 1.54) is 66.4 Å². The first kappa shape index (κ1) is 35.2. The Morgan fingerprint density at radius 3 is 1.43 bits per heavy atom. The summed E-state index contributed by atoms with van der Waals surface area (Å²) in [5.41, 5.74) is 17.0. The van der Waals surface area contributed by atoms with Crippen LogP contribution in [-0.4, -0.2) is 0 Å². The Bertz CT molecular complexity index is 3310. The third kappa shape index (κ3) is 6.32. The Hall–Kier alpha value is -7.94. The molecule has 282 valence electrons. The van der Waals surface area contributed by atoms with Crippen LogP contribution < -0.4 is 4.90 Å². The van der Waals surface area contributed by atoms with Gasteiger partial charge in [0.1, 0.15) is 11.2 Å². The topological polar surface area (TPSA) is 16.4 Å². The third-order valence-corrected chi connectivity index (χ3v) is 11.7. The highest BCUT2D eigenvalue weighted by Gasteiger charge is 2.20.